The van der Waals surface area contributed by atoms with Gasteiger partial charge in [-0.1, -0.05) is 18.2 Å². The van der Waals surface area contributed by atoms with E-state index in [9.17, 15) is 0 Å². The number of benzene rings is 1. The van der Waals surface area contributed by atoms with Gasteiger partial charge in [0, 0.05) is 7.11 Å². The Morgan fingerprint density at radius 2 is 2.00 bits per heavy atom. The van der Waals surface area contributed by atoms with Gasteiger partial charge in [-0.3, -0.25) is 0 Å². The smallest absolute Gasteiger partial charge is 0.207 e. The van der Waals surface area contributed by atoms with E-state index in [1.54, 1.807) is 13.2 Å². The van der Waals surface area contributed by atoms with Crippen LogP contribution in [0.15, 0.2) is 24.3 Å². The molecule has 4 nitrogen and oxygen atoms in total. The van der Waals surface area contributed by atoms with Gasteiger partial charge in [0.05, 0.1) is 7.11 Å². The third-order valence-electron chi connectivity index (χ3n) is 1.83. The minimum atomic E-state index is 0.166. The van der Waals surface area contributed by atoms with E-state index in [0.717, 1.165) is 5.56 Å². The zero-order chi connectivity index (χ0) is 11.8. The van der Waals surface area contributed by atoms with Gasteiger partial charge in [0.2, 0.25) is 5.75 Å². The van der Waals surface area contributed by atoms with Gasteiger partial charge >= 0.3 is 0 Å². The third-order valence-corrected chi connectivity index (χ3v) is 1.83. The Balaban J connectivity index is 2.90. The molecule has 0 spiro atoms. The predicted octanol–water partition coefficient (Wildman–Crippen LogP) is 2.64. The van der Waals surface area contributed by atoms with Crippen LogP contribution < -0.4 is 9.62 Å². The minimum Gasteiger partial charge on any atom is -0.463 e. The molecule has 1 rings (SSSR count). The molecule has 0 N–H and O–H groups in total. The largest absolute Gasteiger partial charge is 0.463 e. The van der Waals surface area contributed by atoms with Crippen LogP contribution in [0.1, 0.15) is 12.5 Å². The van der Waals surface area contributed by atoms with Crippen LogP contribution >= 0.6 is 0 Å². The molecule has 0 aromatic heterocycles. The first-order valence-electron chi connectivity index (χ1n) is 4.91. The lowest BCUT2D eigenvalue weighted by Crippen LogP contribution is -2.02. The van der Waals surface area contributed by atoms with E-state index < -0.39 is 0 Å². The Morgan fingerprint density at radius 3 is 2.62 bits per heavy atom. The molecule has 1 aromatic rings. The summed E-state index contributed by atoms with van der Waals surface area (Å²) >= 11 is 0. The molecule has 0 fully saturated rings. The highest BCUT2D eigenvalue weighted by Crippen LogP contribution is 2.29. The zero-order valence-corrected chi connectivity index (χ0v) is 9.73. The summed E-state index contributed by atoms with van der Waals surface area (Å²) < 4.78 is 10.2. The maximum absolute atomic E-state index is 5.36. The lowest BCUT2D eigenvalue weighted by Gasteiger charge is -2.10. The Bertz CT molecular complexity index is 347. The molecule has 0 aliphatic rings. The first kappa shape index (κ1) is 12.5. The summed E-state index contributed by atoms with van der Waals surface area (Å²) in [7, 11) is 3.01. The van der Waals surface area contributed by atoms with Crippen LogP contribution in [0.2, 0.25) is 0 Å². The topological polar surface area (TPSA) is 36.9 Å². The second-order valence-electron chi connectivity index (χ2n) is 3.01. The summed E-state index contributed by atoms with van der Waals surface area (Å²) in [5.74, 6) is 1.10. The molecule has 0 radical (unpaired) electrons. The fraction of sp³-hybridized carbons (Fsp3) is 0.333. The first-order valence-corrected chi connectivity index (χ1v) is 4.91. The van der Waals surface area contributed by atoms with Gasteiger partial charge in [0.15, 0.2) is 12.5 Å². The zero-order valence-electron chi connectivity index (χ0n) is 9.73. The quantitative estimate of drug-likeness (QED) is 0.423. The van der Waals surface area contributed by atoms with E-state index in [-0.39, 0.29) is 6.79 Å². The number of hydrogen-bond donors (Lipinski definition) is 0. The van der Waals surface area contributed by atoms with E-state index in [0.29, 0.717) is 11.5 Å². The summed E-state index contributed by atoms with van der Waals surface area (Å²) in [6.45, 7) is 2.12. The van der Waals surface area contributed by atoms with Crippen LogP contribution in [0.4, 0.5) is 0 Å². The van der Waals surface area contributed by atoms with Crippen LogP contribution in [0, 0.1) is 0 Å². The maximum Gasteiger partial charge on any atom is 0.207 e. The lowest BCUT2D eigenvalue weighted by atomic mass is 10.2. The molecule has 0 heterocycles. The van der Waals surface area contributed by atoms with E-state index in [1.807, 2.05) is 31.2 Å². The summed E-state index contributed by atoms with van der Waals surface area (Å²) in [5, 5.41) is 0. The van der Waals surface area contributed by atoms with Gasteiger partial charge < -0.3 is 14.4 Å². The van der Waals surface area contributed by atoms with Crippen LogP contribution in [0.25, 0.3) is 6.08 Å². The van der Waals surface area contributed by atoms with Crippen molar-refractivity contribution in [2.75, 3.05) is 21.0 Å². The number of hydrogen-bond acceptors (Lipinski definition) is 4. The molecule has 0 amide bonds. The molecule has 0 saturated carbocycles. The van der Waals surface area contributed by atoms with Gasteiger partial charge in [-0.25, -0.2) is 0 Å². The van der Waals surface area contributed by atoms with Crippen molar-refractivity contribution in [1.82, 2.24) is 0 Å². The van der Waals surface area contributed by atoms with E-state index in [1.165, 1.54) is 7.11 Å². The average molecular weight is 224 g/mol. The van der Waals surface area contributed by atoms with E-state index >= 15 is 0 Å². The van der Waals surface area contributed by atoms with Crippen molar-refractivity contribution >= 4 is 6.08 Å². The van der Waals surface area contributed by atoms with Crippen molar-refractivity contribution in [3.05, 3.63) is 29.8 Å². The average Bonchev–Trinajstić information content (AvgIpc) is 2.30. The summed E-state index contributed by atoms with van der Waals surface area (Å²) in [5.41, 5.74) is 1.03. The van der Waals surface area contributed by atoms with Gasteiger partial charge in [-0.15, -0.1) is 0 Å². The highest BCUT2D eigenvalue weighted by molar-refractivity contribution is 5.55. The molecule has 0 saturated heterocycles. The van der Waals surface area contributed by atoms with Crippen molar-refractivity contribution in [3.63, 3.8) is 0 Å². The van der Waals surface area contributed by atoms with Crippen molar-refractivity contribution < 1.29 is 19.2 Å². The molecule has 88 valence electrons. The molecule has 4 heteroatoms. The number of ether oxygens (including phenoxy) is 2. The molecule has 0 atom stereocenters. The van der Waals surface area contributed by atoms with Crippen molar-refractivity contribution in [3.8, 4) is 11.5 Å². The molecular weight excluding hydrogens is 208 g/mol. The second kappa shape index (κ2) is 6.87. The maximum atomic E-state index is 5.36. The van der Waals surface area contributed by atoms with Gasteiger partial charge in [0.1, 0.15) is 0 Å². The summed E-state index contributed by atoms with van der Waals surface area (Å²) in [4.78, 5) is 9.57. The molecular formula is C12H16O4. The van der Waals surface area contributed by atoms with Crippen LogP contribution in [0.3, 0.4) is 0 Å². The van der Waals surface area contributed by atoms with Crippen LogP contribution in [-0.2, 0) is 9.62 Å². The Labute approximate surface area is 95.3 Å². The van der Waals surface area contributed by atoms with E-state index in [4.69, 9.17) is 14.4 Å². The number of methoxy groups -OCH3 is 1. The molecule has 0 aliphatic heterocycles. The summed E-state index contributed by atoms with van der Waals surface area (Å²) in [6.07, 6.45) is 3.92. The first-order chi connectivity index (χ1) is 7.81. The van der Waals surface area contributed by atoms with Gasteiger partial charge in [0.25, 0.3) is 0 Å². The molecule has 0 unspecified atom stereocenters. The number of allylic oxidation sites excluding steroid dienone is 1. The molecule has 0 aliphatic carbocycles. The van der Waals surface area contributed by atoms with Crippen molar-refractivity contribution in [2.45, 2.75) is 6.92 Å². The predicted molar refractivity (Wildman–Crippen MR) is 61.3 cm³/mol. The third kappa shape index (κ3) is 3.56. The second-order valence-corrected chi connectivity index (χ2v) is 3.01. The Morgan fingerprint density at radius 1 is 1.19 bits per heavy atom. The monoisotopic (exact) mass is 224 g/mol. The standard InChI is InChI=1S/C12H16O4/c1-4-5-10-6-7-11(16-14-3)12(8-10)15-9-13-2/h4-8H,9H2,1-3H3. The van der Waals surface area contributed by atoms with Crippen LogP contribution in [-0.4, -0.2) is 21.0 Å². The van der Waals surface area contributed by atoms with Crippen molar-refractivity contribution in [1.29, 1.82) is 0 Å². The Hall–Kier alpha value is -1.52. The van der Waals surface area contributed by atoms with E-state index in [2.05, 4.69) is 4.89 Å². The molecule has 0 bridgehead atoms. The molecule has 1 aromatic carbocycles. The fourth-order valence-corrected chi connectivity index (χ4v) is 1.21. The highest BCUT2D eigenvalue weighted by atomic mass is 17.2. The van der Waals surface area contributed by atoms with Crippen LogP contribution in [0.5, 0.6) is 11.5 Å². The Kier molecular flexibility index (Phi) is 5.39. The number of rotatable bonds is 6. The van der Waals surface area contributed by atoms with Gasteiger partial charge in [-0.2, -0.15) is 4.89 Å². The molecule has 16 heavy (non-hydrogen) atoms. The lowest BCUT2D eigenvalue weighted by molar-refractivity contribution is -0.179. The van der Waals surface area contributed by atoms with Crippen molar-refractivity contribution in [2.24, 2.45) is 0 Å². The normalized spacial score (nSPS) is 10.7. The minimum absolute atomic E-state index is 0.166. The fourth-order valence-electron chi connectivity index (χ4n) is 1.21. The SMILES string of the molecule is CC=Cc1ccc(OOC)c(OCOC)c1. The summed E-state index contributed by atoms with van der Waals surface area (Å²) in [6, 6.07) is 5.55. The van der Waals surface area contributed by atoms with Gasteiger partial charge in [-0.05, 0) is 24.6 Å². The highest BCUT2D eigenvalue weighted by Gasteiger charge is 2.06.